The molecule has 0 saturated heterocycles. The topological polar surface area (TPSA) is 47.6 Å². The minimum atomic E-state index is -0.194. The first-order chi connectivity index (χ1) is 8.58. The molecule has 4 nitrogen and oxygen atoms in total. The SMILES string of the molecule is COC(=O)C(C)CN[C@H](C)c1cccc(OC)c1. The molecule has 4 heteroatoms. The normalized spacial score (nSPS) is 13.8. The zero-order valence-corrected chi connectivity index (χ0v) is 11.4. The maximum absolute atomic E-state index is 11.3. The first-order valence-corrected chi connectivity index (χ1v) is 6.03. The lowest BCUT2D eigenvalue weighted by Crippen LogP contribution is -2.29. The van der Waals surface area contributed by atoms with E-state index in [0.717, 1.165) is 11.3 Å². The van der Waals surface area contributed by atoms with Crippen LogP contribution in [0.4, 0.5) is 0 Å². The van der Waals surface area contributed by atoms with Crippen molar-refractivity contribution in [2.75, 3.05) is 20.8 Å². The molecule has 1 rings (SSSR count). The summed E-state index contributed by atoms with van der Waals surface area (Å²) in [6, 6.07) is 8.04. The van der Waals surface area contributed by atoms with Gasteiger partial charge in [0.25, 0.3) is 0 Å². The number of benzene rings is 1. The van der Waals surface area contributed by atoms with E-state index in [-0.39, 0.29) is 17.9 Å². The number of carbonyl (C=O) groups excluding carboxylic acids is 1. The van der Waals surface area contributed by atoms with Crippen LogP contribution in [0.5, 0.6) is 5.75 Å². The zero-order valence-electron chi connectivity index (χ0n) is 11.4. The van der Waals surface area contributed by atoms with Gasteiger partial charge in [0, 0.05) is 12.6 Å². The predicted octanol–water partition coefficient (Wildman–Crippen LogP) is 2.15. The lowest BCUT2D eigenvalue weighted by molar-refractivity contribution is -0.144. The molecule has 0 bridgehead atoms. The number of methoxy groups -OCH3 is 2. The second kappa shape index (κ2) is 7.01. The van der Waals surface area contributed by atoms with Crippen molar-refractivity contribution in [3.05, 3.63) is 29.8 Å². The first-order valence-electron chi connectivity index (χ1n) is 6.03. The molecule has 0 aliphatic rings. The average Bonchev–Trinajstić information content (AvgIpc) is 2.43. The first kappa shape index (κ1) is 14.5. The zero-order chi connectivity index (χ0) is 13.5. The smallest absolute Gasteiger partial charge is 0.309 e. The van der Waals surface area contributed by atoms with Crippen LogP contribution in [0.3, 0.4) is 0 Å². The van der Waals surface area contributed by atoms with Crippen LogP contribution >= 0.6 is 0 Å². The third kappa shape index (κ3) is 4.04. The van der Waals surface area contributed by atoms with E-state index >= 15 is 0 Å². The number of nitrogens with one attached hydrogen (secondary N) is 1. The molecule has 0 fully saturated rings. The third-order valence-corrected chi connectivity index (χ3v) is 2.93. The van der Waals surface area contributed by atoms with E-state index in [1.54, 1.807) is 7.11 Å². The molecule has 0 heterocycles. The van der Waals surface area contributed by atoms with Crippen LogP contribution in [0, 0.1) is 5.92 Å². The number of hydrogen-bond acceptors (Lipinski definition) is 4. The molecule has 0 aliphatic heterocycles. The summed E-state index contributed by atoms with van der Waals surface area (Å²) in [5.74, 6) is 0.491. The minimum absolute atomic E-state index is 0.150. The van der Waals surface area contributed by atoms with Crippen LogP contribution in [0.1, 0.15) is 25.5 Å². The van der Waals surface area contributed by atoms with Gasteiger partial charge in [-0.2, -0.15) is 0 Å². The molecule has 0 saturated carbocycles. The van der Waals surface area contributed by atoms with Crippen molar-refractivity contribution in [3.63, 3.8) is 0 Å². The molecular weight excluding hydrogens is 230 g/mol. The number of ether oxygens (including phenoxy) is 2. The monoisotopic (exact) mass is 251 g/mol. The molecule has 1 aromatic rings. The number of carbonyl (C=O) groups is 1. The van der Waals surface area contributed by atoms with Crippen LogP contribution in [0.2, 0.25) is 0 Å². The van der Waals surface area contributed by atoms with Crippen molar-refractivity contribution in [2.45, 2.75) is 19.9 Å². The molecule has 1 unspecified atom stereocenters. The molecule has 1 N–H and O–H groups in total. The third-order valence-electron chi connectivity index (χ3n) is 2.93. The standard InChI is InChI=1S/C14H21NO3/c1-10(14(16)18-4)9-15-11(2)12-6-5-7-13(8-12)17-3/h5-8,10-11,15H,9H2,1-4H3/t10?,11-/m1/s1. The Balaban J connectivity index is 2.54. The number of hydrogen-bond donors (Lipinski definition) is 1. The Hall–Kier alpha value is -1.55. The van der Waals surface area contributed by atoms with Gasteiger partial charge < -0.3 is 14.8 Å². The van der Waals surface area contributed by atoms with Crippen LogP contribution < -0.4 is 10.1 Å². The molecule has 1 aromatic carbocycles. The maximum atomic E-state index is 11.3. The summed E-state index contributed by atoms with van der Waals surface area (Å²) < 4.78 is 9.87. The summed E-state index contributed by atoms with van der Waals surface area (Å²) in [5.41, 5.74) is 1.13. The summed E-state index contributed by atoms with van der Waals surface area (Å²) in [5, 5.41) is 3.31. The van der Waals surface area contributed by atoms with Crippen LogP contribution in [-0.4, -0.2) is 26.7 Å². The molecule has 0 aromatic heterocycles. The van der Waals surface area contributed by atoms with E-state index in [4.69, 9.17) is 4.74 Å². The van der Waals surface area contributed by atoms with Gasteiger partial charge in [0.15, 0.2) is 0 Å². The fraction of sp³-hybridized carbons (Fsp3) is 0.500. The van der Waals surface area contributed by atoms with Crippen molar-refractivity contribution < 1.29 is 14.3 Å². The molecule has 18 heavy (non-hydrogen) atoms. The van der Waals surface area contributed by atoms with Gasteiger partial charge in [0.05, 0.1) is 20.1 Å². The van der Waals surface area contributed by atoms with Gasteiger partial charge in [0.2, 0.25) is 0 Å². The number of rotatable bonds is 6. The quantitative estimate of drug-likeness (QED) is 0.787. The maximum Gasteiger partial charge on any atom is 0.309 e. The highest BCUT2D eigenvalue weighted by Crippen LogP contribution is 2.18. The van der Waals surface area contributed by atoms with Gasteiger partial charge >= 0.3 is 5.97 Å². The Morgan fingerprint density at radius 1 is 1.33 bits per heavy atom. The largest absolute Gasteiger partial charge is 0.497 e. The molecule has 2 atom stereocenters. The Labute approximate surface area is 108 Å². The Morgan fingerprint density at radius 2 is 2.06 bits per heavy atom. The van der Waals surface area contributed by atoms with Crippen molar-refractivity contribution in [2.24, 2.45) is 5.92 Å². The highest BCUT2D eigenvalue weighted by molar-refractivity contribution is 5.72. The van der Waals surface area contributed by atoms with Crippen molar-refractivity contribution in [1.29, 1.82) is 0 Å². The summed E-state index contributed by atoms with van der Waals surface area (Å²) in [7, 11) is 3.06. The molecular formula is C14H21NO3. The van der Waals surface area contributed by atoms with Crippen LogP contribution in [-0.2, 0) is 9.53 Å². The lowest BCUT2D eigenvalue weighted by atomic mass is 10.1. The molecule has 0 radical (unpaired) electrons. The van der Waals surface area contributed by atoms with E-state index in [1.807, 2.05) is 31.2 Å². The summed E-state index contributed by atoms with van der Waals surface area (Å²) in [6.45, 7) is 4.49. The second-order valence-electron chi connectivity index (χ2n) is 4.33. The van der Waals surface area contributed by atoms with E-state index < -0.39 is 0 Å². The Morgan fingerprint density at radius 3 is 2.67 bits per heavy atom. The summed E-state index contributed by atoms with van der Waals surface area (Å²) in [4.78, 5) is 11.3. The average molecular weight is 251 g/mol. The number of esters is 1. The highest BCUT2D eigenvalue weighted by atomic mass is 16.5. The second-order valence-corrected chi connectivity index (χ2v) is 4.33. The molecule has 0 spiro atoms. The summed E-state index contributed by atoms with van der Waals surface area (Å²) >= 11 is 0. The van der Waals surface area contributed by atoms with Gasteiger partial charge in [-0.25, -0.2) is 0 Å². The minimum Gasteiger partial charge on any atom is -0.497 e. The van der Waals surface area contributed by atoms with E-state index in [2.05, 4.69) is 17.0 Å². The van der Waals surface area contributed by atoms with Gasteiger partial charge in [-0.15, -0.1) is 0 Å². The molecule has 0 aliphatic carbocycles. The van der Waals surface area contributed by atoms with Crippen LogP contribution in [0.25, 0.3) is 0 Å². The highest BCUT2D eigenvalue weighted by Gasteiger charge is 2.14. The lowest BCUT2D eigenvalue weighted by Gasteiger charge is -2.17. The van der Waals surface area contributed by atoms with E-state index in [1.165, 1.54) is 7.11 Å². The Bertz CT molecular complexity index is 392. The van der Waals surface area contributed by atoms with Crippen LogP contribution in [0.15, 0.2) is 24.3 Å². The van der Waals surface area contributed by atoms with Gasteiger partial charge in [-0.3, -0.25) is 4.79 Å². The Kier molecular flexibility index (Phi) is 5.65. The van der Waals surface area contributed by atoms with Crippen molar-refractivity contribution in [3.8, 4) is 5.75 Å². The van der Waals surface area contributed by atoms with E-state index in [0.29, 0.717) is 6.54 Å². The van der Waals surface area contributed by atoms with Gasteiger partial charge in [0.1, 0.15) is 5.75 Å². The fourth-order valence-corrected chi connectivity index (χ4v) is 1.67. The van der Waals surface area contributed by atoms with Crippen molar-refractivity contribution in [1.82, 2.24) is 5.32 Å². The molecule has 0 amide bonds. The van der Waals surface area contributed by atoms with Gasteiger partial charge in [-0.1, -0.05) is 19.1 Å². The predicted molar refractivity (Wildman–Crippen MR) is 70.6 cm³/mol. The van der Waals surface area contributed by atoms with E-state index in [9.17, 15) is 4.79 Å². The van der Waals surface area contributed by atoms with Crippen molar-refractivity contribution >= 4 is 5.97 Å². The molecule has 100 valence electrons. The summed E-state index contributed by atoms with van der Waals surface area (Å²) in [6.07, 6.45) is 0. The fourth-order valence-electron chi connectivity index (χ4n) is 1.67. The van der Waals surface area contributed by atoms with Gasteiger partial charge in [-0.05, 0) is 24.6 Å².